The molecule has 4 amide bonds. The maximum Gasteiger partial charge on any atom is 0.331 e. The number of hydrogen-bond donors (Lipinski definition) is 1. The lowest BCUT2D eigenvalue weighted by Gasteiger charge is -2.43. The van der Waals surface area contributed by atoms with Gasteiger partial charge in [0.15, 0.2) is 0 Å². The Balaban J connectivity index is 2.18. The fourth-order valence-electron chi connectivity index (χ4n) is 2.61. The van der Waals surface area contributed by atoms with E-state index in [0.29, 0.717) is 5.92 Å². The van der Waals surface area contributed by atoms with Gasteiger partial charge in [0.2, 0.25) is 11.8 Å². The monoisotopic (exact) mass is 238 g/mol. The van der Waals surface area contributed by atoms with E-state index < -0.39 is 17.9 Å². The number of nitrogens with one attached hydrogen (secondary N) is 1. The van der Waals surface area contributed by atoms with Gasteiger partial charge in [-0.15, -0.1) is 0 Å². The first-order chi connectivity index (χ1) is 7.91. The number of barbiturate groups is 1. The van der Waals surface area contributed by atoms with Crippen LogP contribution in [0.1, 0.15) is 33.6 Å². The van der Waals surface area contributed by atoms with E-state index in [0.717, 1.165) is 12.8 Å². The van der Waals surface area contributed by atoms with Crippen molar-refractivity contribution in [1.29, 1.82) is 0 Å². The number of nitrogens with zero attached hydrogens (tertiary/aromatic N) is 1. The van der Waals surface area contributed by atoms with E-state index >= 15 is 0 Å². The van der Waals surface area contributed by atoms with Crippen molar-refractivity contribution >= 4 is 17.8 Å². The van der Waals surface area contributed by atoms with Gasteiger partial charge in [0, 0.05) is 6.04 Å². The van der Waals surface area contributed by atoms with Crippen LogP contribution in [0.3, 0.4) is 0 Å². The fourth-order valence-corrected chi connectivity index (χ4v) is 2.61. The highest BCUT2D eigenvalue weighted by Gasteiger charge is 2.47. The van der Waals surface area contributed by atoms with Gasteiger partial charge in [-0.1, -0.05) is 20.8 Å². The zero-order chi connectivity index (χ0) is 12.7. The molecule has 2 rings (SSSR count). The van der Waals surface area contributed by atoms with Crippen LogP contribution < -0.4 is 5.32 Å². The van der Waals surface area contributed by atoms with Crippen molar-refractivity contribution in [2.75, 3.05) is 0 Å². The fraction of sp³-hybridized carbons (Fsp3) is 0.750. The molecular formula is C12H18N2O3. The molecule has 1 heterocycles. The standard InChI is InChI=1S/C12H18N2O3/c1-6(2)9-10(15)13-12(17)14(11(9)16)8-4-7(3)5-8/h6-9H,4-5H2,1-3H3,(H,13,15,17). The van der Waals surface area contributed by atoms with E-state index in [4.69, 9.17) is 0 Å². The summed E-state index contributed by atoms with van der Waals surface area (Å²) in [6.45, 7) is 5.73. The second-order valence-electron chi connectivity index (χ2n) is 5.45. The largest absolute Gasteiger partial charge is 0.331 e. The van der Waals surface area contributed by atoms with E-state index in [1.807, 2.05) is 13.8 Å². The van der Waals surface area contributed by atoms with Crippen LogP contribution in [0.4, 0.5) is 4.79 Å². The number of amides is 4. The number of rotatable bonds is 2. The Kier molecular flexibility index (Phi) is 2.93. The molecule has 1 saturated carbocycles. The second kappa shape index (κ2) is 4.13. The lowest BCUT2D eigenvalue weighted by Crippen LogP contribution is -2.63. The third kappa shape index (κ3) is 1.94. The Labute approximate surface area is 101 Å². The zero-order valence-corrected chi connectivity index (χ0v) is 10.4. The summed E-state index contributed by atoms with van der Waals surface area (Å²) in [6, 6.07) is -0.569. The first-order valence-electron chi connectivity index (χ1n) is 6.09. The summed E-state index contributed by atoms with van der Waals surface area (Å²) >= 11 is 0. The van der Waals surface area contributed by atoms with Gasteiger partial charge >= 0.3 is 6.03 Å². The predicted molar refractivity (Wildman–Crippen MR) is 60.9 cm³/mol. The van der Waals surface area contributed by atoms with Crippen LogP contribution in [0.2, 0.25) is 0 Å². The minimum Gasteiger partial charge on any atom is -0.277 e. The molecule has 0 aromatic carbocycles. The third-order valence-corrected chi connectivity index (χ3v) is 3.62. The van der Waals surface area contributed by atoms with Crippen LogP contribution >= 0.6 is 0 Å². The van der Waals surface area contributed by atoms with Crippen LogP contribution in [-0.4, -0.2) is 28.8 Å². The lowest BCUT2D eigenvalue weighted by molar-refractivity contribution is -0.147. The quantitative estimate of drug-likeness (QED) is 0.733. The third-order valence-electron chi connectivity index (χ3n) is 3.62. The molecule has 0 bridgehead atoms. The SMILES string of the molecule is CC1CC(N2C(=O)NC(=O)C(C(C)C)C2=O)C1. The number of carbonyl (C=O) groups is 3. The molecule has 94 valence electrons. The summed E-state index contributed by atoms with van der Waals surface area (Å²) in [6.07, 6.45) is 1.69. The van der Waals surface area contributed by atoms with Crippen LogP contribution in [-0.2, 0) is 9.59 Å². The molecule has 2 fully saturated rings. The molecule has 0 spiro atoms. The second-order valence-corrected chi connectivity index (χ2v) is 5.45. The van der Waals surface area contributed by atoms with Crippen molar-refractivity contribution in [3.8, 4) is 0 Å². The molecule has 5 heteroatoms. The average molecular weight is 238 g/mol. The lowest BCUT2D eigenvalue weighted by atomic mass is 9.79. The van der Waals surface area contributed by atoms with Crippen molar-refractivity contribution in [3.63, 3.8) is 0 Å². The predicted octanol–water partition coefficient (Wildman–Crippen LogP) is 1.14. The van der Waals surface area contributed by atoms with Gasteiger partial charge in [-0.05, 0) is 24.7 Å². The number of hydrogen-bond acceptors (Lipinski definition) is 3. The molecule has 5 nitrogen and oxygen atoms in total. The minimum atomic E-state index is -0.719. The number of imide groups is 2. The minimum absolute atomic E-state index is 0.0214. The summed E-state index contributed by atoms with van der Waals surface area (Å²) in [4.78, 5) is 36.7. The molecule has 0 aromatic heterocycles. The van der Waals surface area contributed by atoms with Crippen molar-refractivity contribution in [2.45, 2.75) is 39.7 Å². The highest BCUT2D eigenvalue weighted by molar-refractivity contribution is 6.16. The van der Waals surface area contributed by atoms with Gasteiger partial charge < -0.3 is 0 Å². The molecule has 1 unspecified atom stereocenters. The van der Waals surface area contributed by atoms with Crippen LogP contribution in [0.15, 0.2) is 0 Å². The first kappa shape index (κ1) is 12.1. The maximum absolute atomic E-state index is 12.2. The maximum atomic E-state index is 12.2. The molecular weight excluding hydrogens is 220 g/mol. The van der Waals surface area contributed by atoms with Gasteiger partial charge in [-0.3, -0.25) is 19.8 Å². The molecule has 1 atom stereocenters. The highest BCUT2D eigenvalue weighted by atomic mass is 16.2. The molecule has 1 aliphatic carbocycles. The Bertz CT molecular complexity index is 372. The highest BCUT2D eigenvalue weighted by Crippen LogP contribution is 2.34. The average Bonchev–Trinajstić information content (AvgIpc) is 2.13. The van der Waals surface area contributed by atoms with Crippen molar-refractivity contribution in [1.82, 2.24) is 10.2 Å². The topological polar surface area (TPSA) is 66.5 Å². The van der Waals surface area contributed by atoms with Crippen molar-refractivity contribution < 1.29 is 14.4 Å². The molecule has 0 radical (unpaired) electrons. The van der Waals surface area contributed by atoms with E-state index in [1.165, 1.54) is 4.90 Å². The molecule has 2 aliphatic rings. The van der Waals surface area contributed by atoms with Gasteiger partial charge in [0.25, 0.3) is 0 Å². The van der Waals surface area contributed by atoms with Gasteiger partial charge in [0.1, 0.15) is 5.92 Å². The Morgan fingerprint density at radius 2 is 1.82 bits per heavy atom. The van der Waals surface area contributed by atoms with E-state index in [-0.39, 0.29) is 17.9 Å². The molecule has 1 aliphatic heterocycles. The smallest absolute Gasteiger partial charge is 0.277 e. The molecule has 0 aromatic rings. The normalized spacial score (nSPS) is 33.8. The first-order valence-corrected chi connectivity index (χ1v) is 6.09. The summed E-state index contributed by atoms with van der Waals surface area (Å²) in [5.41, 5.74) is 0. The Hall–Kier alpha value is -1.39. The zero-order valence-electron chi connectivity index (χ0n) is 10.4. The molecule has 1 N–H and O–H groups in total. The summed E-state index contributed by atoms with van der Waals surface area (Å²) in [5.74, 6) is -1.04. The van der Waals surface area contributed by atoms with Gasteiger partial charge in [-0.25, -0.2) is 4.79 Å². The van der Waals surface area contributed by atoms with Crippen LogP contribution in [0, 0.1) is 17.8 Å². The Morgan fingerprint density at radius 3 is 2.29 bits per heavy atom. The van der Waals surface area contributed by atoms with Gasteiger partial charge in [-0.2, -0.15) is 0 Å². The van der Waals surface area contributed by atoms with Crippen molar-refractivity contribution in [3.05, 3.63) is 0 Å². The van der Waals surface area contributed by atoms with Crippen LogP contribution in [0.25, 0.3) is 0 Å². The van der Waals surface area contributed by atoms with Gasteiger partial charge in [0.05, 0.1) is 0 Å². The summed E-state index contributed by atoms with van der Waals surface area (Å²) in [5, 5.41) is 2.28. The summed E-state index contributed by atoms with van der Waals surface area (Å²) in [7, 11) is 0. The van der Waals surface area contributed by atoms with Crippen LogP contribution in [0.5, 0.6) is 0 Å². The van der Waals surface area contributed by atoms with E-state index in [9.17, 15) is 14.4 Å². The molecule has 17 heavy (non-hydrogen) atoms. The van der Waals surface area contributed by atoms with E-state index in [2.05, 4.69) is 12.2 Å². The summed E-state index contributed by atoms with van der Waals surface area (Å²) < 4.78 is 0. The van der Waals surface area contributed by atoms with Crippen molar-refractivity contribution in [2.24, 2.45) is 17.8 Å². The molecule has 1 saturated heterocycles. The number of carbonyl (C=O) groups excluding carboxylic acids is 3. The number of urea groups is 1. The Morgan fingerprint density at radius 1 is 1.24 bits per heavy atom. The van der Waals surface area contributed by atoms with E-state index in [1.54, 1.807) is 0 Å².